The number of halogens is 3. The molecule has 2 rings (SSSR count). The van der Waals surface area contributed by atoms with Crippen LogP contribution < -0.4 is 0 Å². The number of hydrogen-bond donors (Lipinski definition) is 0. The van der Waals surface area contributed by atoms with Gasteiger partial charge in [-0.3, -0.25) is 4.79 Å². The Morgan fingerprint density at radius 1 is 1.00 bits per heavy atom. The largest absolute Gasteiger partial charge is 0.298 e. The molecule has 92 valence electrons. The Bertz CT molecular complexity index is 621. The molecule has 4 heteroatoms. The second kappa shape index (κ2) is 4.64. The van der Waals surface area contributed by atoms with Gasteiger partial charge in [0, 0.05) is 11.1 Å². The molecule has 0 aliphatic carbocycles. The maximum absolute atomic E-state index is 13.9. The fourth-order valence-corrected chi connectivity index (χ4v) is 1.71. The van der Waals surface area contributed by atoms with Crippen LogP contribution in [0.25, 0.3) is 11.1 Å². The van der Waals surface area contributed by atoms with E-state index in [0.29, 0.717) is 6.29 Å². The summed E-state index contributed by atoms with van der Waals surface area (Å²) in [5.74, 6) is -2.46. The quantitative estimate of drug-likeness (QED) is 0.739. The molecule has 0 spiro atoms. The van der Waals surface area contributed by atoms with Gasteiger partial charge >= 0.3 is 0 Å². The third-order valence-electron chi connectivity index (χ3n) is 2.68. The summed E-state index contributed by atoms with van der Waals surface area (Å²) in [6.07, 6.45) is 0.495. The zero-order chi connectivity index (χ0) is 13.3. The van der Waals surface area contributed by atoms with Crippen LogP contribution >= 0.6 is 0 Å². The molecule has 18 heavy (non-hydrogen) atoms. The zero-order valence-corrected chi connectivity index (χ0v) is 9.51. The van der Waals surface area contributed by atoms with Crippen LogP contribution in [0.5, 0.6) is 0 Å². The highest BCUT2D eigenvalue weighted by molar-refractivity contribution is 5.79. The fraction of sp³-hybridized carbons (Fsp3) is 0.0714. The van der Waals surface area contributed by atoms with E-state index in [-0.39, 0.29) is 16.7 Å². The molecule has 0 amide bonds. The lowest BCUT2D eigenvalue weighted by molar-refractivity contribution is 0.112. The maximum atomic E-state index is 13.9. The van der Waals surface area contributed by atoms with Crippen LogP contribution in [0.2, 0.25) is 0 Å². The van der Waals surface area contributed by atoms with Gasteiger partial charge in [-0.15, -0.1) is 0 Å². The van der Waals surface area contributed by atoms with Gasteiger partial charge in [0.05, 0.1) is 5.56 Å². The minimum Gasteiger partial charge on any atom is -0.298 e. The van der Waals surface area contributed by atoms with Crippen molar-refractivity contribution >= 4 is 6.29 Å². The monoisotopic (exact) mass is 250 g/mol. The predicted octanol–water partition coefficient (Wildman–Crippen LogP) is 3.89. The van der Waals surface area contributed by atoms with Crippen molar-refractivity contribution in [3.05, 3.63) is 58.9 Å². The minimum absolute atomic E-state index is 0.159. The lowest BCUT2D eigenvalue weighted by atomic mass is 9.99. The Morgan fingerprint density at radius 2 is 1.67 bits per heavy atom. The molecule has 0 aromatic heterocycles. The summed E-state index contributed by atoms with van der Waals surface area (Å²) >= 11 is 0. The van der Waals surface area contributed by atoms with Crippen LogP contribution in [-0.2, 0) is 0 Å². The lowest BCUT2D eigenvalue weighted by Crippen LogP contribution is -1.97. The summed E-state index contributed by atoms with van der Waals surface area (Å²) in [5, 5.41) is 0. The molecular formula is C14H9F3O. The van der Waals surface area contributed by atoms with Crippen LogP contribution in [-0.4, -0.2) is 6.29 Å². The molecule has 2 aromatic carbocycles. The summed E-state index contributed by atoms with van der Waals surface area (Å²) in [7, 11) is 0. The van der Waals surface area contributed by atoms with E-state index in [9.17, 15) is 18.0 Å². The molecule has 0 saturated carbocycles. The van der Waals surface area contributed by atoms with Gasteiger partial charge in [0.1, 0.15) is 23.7 Å². The van der Waals surface area contributed by atoms with Gasteiger partial charge in [-0.2, -0.15) is 0 Å². The summed E-state index contributed by atoms with van der Waals surface area (Å²) in [4.78, 5) is 10.6. The molecule has 0 unspecified atom stereocenters. The highest BCUT2D eigenvalue weighted by atomic mass is 19.1. The fourth-order valence-electron chi connectivity index (χ4n) is 1.71. The number of hydrogen-bond acceptors (Lipinski definition) is 1. The summed E-state index contributed by atoms with van der Waals surface area (Å²) in [6.45, 7) is 1.46. The highest BCUT2D eigenvalue weighted by Crippen LogP contribution is 2.30. The molecule has 0 radical (unpaired) electrons. The van der Waals surface area contributed by atoms with Crippen molar-refractivity contribution in [2.75, 3.05) is 0 Å². The van der Waals surface area contributed by atoms with Crippen molar-refractivity contribution in [1.82, 2.24) is 0 Å². The minimum atomic E-state index is -0.861. The van der Waals surface area contributed by atoms with Crippen LogP contribution in [0.15, 0.2) is 30.3 Å². The zero-order valence-electron chi connectivity index (χ0n) is 9.51. The van der Waals surface area contributed by atoms with Gasteiger partial charge in [-0.1, -0.05) is 6.07 Å². The number of aryl methyl sites for hydroxylation is 1. The first-order valence-electron chi connectivity index (χ1n) is 5.24. The predicted molar refractivity (Wildman–Crippen MR) is 61.9 cm³/mol. The molecule has 0 atom stereocenters. The third kappa shape index (κ3) is 2.01. The van der Waals surface area contributed by atoms with E-state index in [4.69, 9.17) is 0 Å². The van der Waals surface area contributed by atoms with Gasteiger partial charge in [0.2, 0.25) is 0 Å². The van der Waals surface area contributed by atoms with Crippen molar-refractivity contribution in [3.8, 4) is 11.1 Å². The van der Waals surface area contributed by atoms with E-state index >= 15 is 0 Å². The number of benzene rings is 2. The topological polar surface area (TPSA) is 17.1 Å². The van der Waals surface area contributed by atoms with E-state index in [0.717, 1.165) is 18.2 Å². The van der Waals surface area contributed by atoms with Gasteiger partial charge in [-0.25, -0.2) is 13.2 Å². The summed E-state index contributed by atoms with van der Waals surface area (Å²) < 4.78 is 41.1. The van der Waals surface area contributed by atoms with Crippen LogP contribution in [0.3, 0.4) is 0 Å². The molecule has 0 heterocycles. The third-order valence-corrected chi connectivity index (χ3v) is 2.68. The second-order valence-corrected chi connectivity index (χ2v) is 3.91. The number of carbonyl (C=O) groups is 1. The Labute approximate surface area is 102 Å². The number of carbonyl (C=O) groups excluding carboxylic acids is 1. The summed E-state index contributed by atoms with van der Waals surface area (Å²) in [6, 6.07) is 5.73. The molecule has 1 nitrogen and oxygen atoms in total. The Kier molecular flexibility index (Phi) is 3.19. The normalized spacial score (nSPS) is 10.4. The molecule has 0 bridgehead atoms. The summed E-state index contributed by atoms with van der Waals surface area (Å²) in [5.41, 5.74) is -0.330. The number of rotatable bonds is 2. The second-order valence-electron chi connectivity index (χ2n) is 3.91. The van der Waals surface area contributed by atoms with Crippen molar-refractivity contribution in [2.24, 2.45) is 0 Å². The molecule has 0 N–H and O–H groups in total. The van der Waals surface area contributed by atoms with E-state index in [1.807, 2.05) is 0 Å². The highest BCUT2D eigenvalue weighted by Gasteiger charge is 2.17. The van der Waals surface area contributed by atoms with Crippen LogP contribution in [0.4, 0.5) is 13.2 Å². The lowest BCUT2D eigenvalue weighted by Gasteiger charge is -2.09. The van der Waals surface area contributed by atoms with Crippen molar-refractivity contribution in [1.29, 1.82) is 0 Å². The first kappa shape index (κ1) is 12.4. The standard InChI is InChI=1S/C14H9F3O/c1-8-2-4-12(16)13(14(8)17)10-6-9(7-18)3-5-11(10)15/h2-7H,1H3. The first-order chi connectivity index (χ1) is 8.54. The van der Waals surface area contributed by atoms with Gasteiger partial charge < -0.3 is 0 Å². The molecule has 0 aliphatic rings. The number of aldehydes is 1. The Balaban J connectivity index is 2.76. The van der Waals surface area contributed by atoms with Crippen molar-refractivity contribution < 1.29 is 18.0 Å². The van der Waals surface area contributed by atoms with Gasteiger partial charge in [0.15, 0.2) is 0 Å². The SMILES string of the molecule is Cc1ccc(F)c(-c2cc(C=O)ccc2F)c1F. The Hall–Kier alpha value is -2.10. The van der Waals surface area contributed by atoms with Crippen molar-refractivity contribution in [2.45, 2.75) is 6.92 Å². The molecule has 0 fully saturated rings. The first-order valence-corrected chi connectivity index (χ1v) is 5.24. The Morgan fingerprint density at radius 3 is 2.33 bits per heavy atom. The van der Waals surface area contributed by atoms with Crippen LogP contribution in [0, 0.1) is 24.4 Å². The van der Waals surface area contributed by atoms with Gasteiger partial charge in [0.25, 0.3) is 0 Å². The molecular weight excluding hydrogens is 241 g/mol. The van der Waals surface area contributed by atoms with E-state index in [1.165, 1.54) is 19.1 Å². The van der Waals surface area contributed by atoms with Crippen LogP contribution in [0.1, 0.15) is 15.9 Å². The van der Waals surface area contributed by atoms with Crippen molar-refractivity contribution in [3.63, 3.8) is 0 Å². The van der Waals surface area contributed by atoms with E-state index in [1.54, 1.807) is 0 Å². The average Bonchev–Trinajstić information content (AvgIpc) is 2.36. The smallest absolute Gasteiger partial charge is 0.150 e. The van der Waals surface area contributed by atoms with Gasteiger partial charge in [-0.05, 0) is 36.8 Å². The molecule has 2 aromatic rings. The molecule has 0 aliphatic heterocycles. The molecule has 0 saturated heterocycles. The average molecular weight is 250 g/mol. The van der Waals surface area contributed by atoms with E-state index in [2.05, 4.69) is 0 Å². The van der Waals surface area contributed by atoms with E-state index < -0.39 is 23.0 Å². The maximum Gasteiger partial charge on any atom is 0.150 e.